The first-order valence-corrected chi connectivity index (χ1v) is 5.95. The topological polar surface area (TPSA) is 42.4 Å². The van der Waals surface area contributed by atoms with E-state index in [1.54, 1.807) is 12.4 Å². The van der Waals surface area contributed by atoms with Gasteiger partial charge in [0.15, 0.2) is 0 Å². The fourth-order valence-electron chi connectivity index (χ4n) is 1.46. The molecule has 0 bridgehead atoms. The second kappa shape index (κ2) is 7.79. The molecule has 0 saturated carbocycles. The first kappa shape index (κ1) is 13.6. The van der Waals surface area contributed by atoms with Gasteiger partial charge in [0.25, 0.3) is 0 Å². The van der Waals surface area contributed by atoms with Crippen molar-refractivity contribution in [3.8, 4) is 0 Å². The molecule has 0 aliphatic heterocycles. The Kier molecular flexibility index (Phi) is 6.25. The average molecular weight is 236 g/mol. The summed E-state index contributed by atoms with van der Waals surface area (Å²) >= 11 is 0. The molecule has 0 spiro atoms. The highest BCUT2D eigenvalue weighted by atomic mass is 16.5. The lowest BCUT2D eigenvalue weighted by molar-refractivity contribution is -0.144. The number of ether oxygens (including phenoxy) is 1. The number of pyridine rings is 1. The zero-order valence-corrected chi connectivity index (χ0v) is 10.6. The van der Waals surface area contributed by atoms with Gasteiger partial charge in [0.05, 0.1) is 13.2 Å². The smallest absolute Gasteiger partial charge is 0.320 e. The van der Waals surface area contributed by atoms with Crippen molar-refractivity contribution < 1.29 is 9.53 Å². The van der Waals surface area contributed by atoms with Gasteiger partial charge in [-0.15, -0.1) is 0 Å². The summed E-state index contributed by atoms with van der Waals surface area (Å²) in [5.74, 6) is -0.162. The van der Waals surface area contributed by atoms with Gasteiger partial charge in [-0.1, -0.05) is 19.4 Å². The molecule has 0 atom stereocenters. The highest BCUT2D eigenvalue weighted by molar-refractivity contribution is 5.71. The van der Waals surface area contributed by atoms with Crippen molar-refractivity contribution >= 4 is 5.97 Å². The van der Waals surface area contributed by atoms with E-state index in [1.165, 1.54) is 0 Å². The highest BCUT2D eigenvalue weighted by Crippen LogP contribution is 2.00. The number of unbranched alkanes of at least 4 members (excludes halogenated alkanes) is 1. The molecule has 4 nitrogen and oxygen atoms in total. The fourth-order valence-corrected chi connectivity index (χ4v) is 1.46. The van der Waals surface area contributed by atoms with Crippen molar-refractivity contribution in [3.05, 3.63) is 30.1 Å². The molecule has 1 heterocycles. The molecule has 0 N–H and O–H groups in total. The molecule has 17 heavy (non-hydrogen) atoms. The van der Waals surface area contributed by atoms with Gasteiger partial charge in [-0.05, 0) is 25.1 Å². The van der Waals surface area contributed by atoms with Gasteiger partial charge in [0.1, 0.15) is 0 Å². The van der Waals surface area contributed by atoms with Crippen LogP contribution in [-0.4, -0.2) is 36.1 Å². The lowest BCUT2D eigenvalue weighted by atomic mass is 10.3. The third-order valence-corrected chi connectivity index (χ3v) is 2.34. The van der Waals surface area contributed by atoms with Gasteiger partial charge in [-0.25, -0.2) is 0 Å². The summed E-state index contributed by atoms with van der Waals surface area (Å²) in [5.41, 5.74) is 1.09. The first-order chi connectivity index (χ1) is 8.22. The van der Waals surface area contributed by atoms with Crippen LogP contribution >= 0.6 is 0 Å². The number of esters is 1. The summed E-state index contributed by atoms with van der Waals surface area (Å²) in [5, 5.41) is 0. The summed E-state index contributed by atoms with van der Waals surface area (Å²) in [7, 11) is 1.90. The molecular weight excluding hydrogens is 216 g/mol. The van der Waals surface area contributed by atoms with Crippen molar-refractivity contribution in [1.29, 1.82) is 0 Å². The van der Waals surface area contributed by atoms with Crippen molar-refractivity contribution in [1.82, 2.24) is 9.88 Å². The van der Waals surface area contributed by atoms with E-state index in [9.17, 15) is 4.79 Å². The Morgan fingerprint density at radius 1 is 1.53 bits per heavy atom. The quantitative estimate of drug-likeness (QED) is 0.535. The number of carbonyl (C=O) groups excluding carboxylic acids is 1. The summed E-state index contributed by atoms with van der Waals surface area (Å²) < 4.78 is 5.09. The van der Waals surface area contributed by atoms with Crippen LogP contribution in [0, 0.1) is 0 Å². The van der Waals surface area contributed by atoms with Crippen LogP contribution < -0.4 is 0 Å². The number of hydrogen-bond donors (Lipinski definition) is 0. The van der Waals surface area contributed by atoms with Crippen LogP contribution in [0.5, 0.6) is 0 Å². The predicted octanol–water partition coefficient (Wildman–Crippen LogP) is 1.86. The van der Waals surface area contributed by atoms with E-state index in [2.05, 4.69) is 11.9 Å². The molecule has 0 aliphatic carbocycles. The number of rotatable bonds is 7. The summed E-state index contributed by atoms with van der Waals surface area (Å²) in [6.07, 6.45) is 5.51. The maximum absolute atomic E-state index is 11.4. The minimum absolute atomic E-state index is 0.162. The normalized spacial score (nSPS) is 10.5. The Morgan fingerprint density at radius 3 is 3.00 bits per heavy atom. The van der Waals surface area contributed by atoms with E-state index in [0.717, 1.165) is 18.4 Å². The Hall–Kier alpha value is -1.42. The minimum Gasteiger partial charge on any atom is -0.465 e. The van der Waals surface area contributed by atoms with E-state index >= 15 is 0 Å². The van der Waals surface area contributed by atoms with Crippen LogP contribution in [0.4, 0.5) is 0 Å². The van der Waals surface area contributed by atoms with E-state index in [0.29, 0.717) is 19.7 Å². The van der Waals surface area contributed by atoms with Gasteiger partial charge in [-0.2, -0.15) is 0 Å². The van der Waals surface area contributed by atoms with E-state index in [1.807, 2.05) is 24.1 Å². The summed E-state index contributed by atoms with van der Waals surface area (Å²) in [6, 6.07) is 3.88. The molecule has 0 aromatic carbocycles. The van der Waals surface area contributed by atoms with Crippen LogP contribution in [0.15, 0.2) is 24.5 Å². The van der Waals surface area contributed by atoms with Crippen LogP contribution in [-0.2, 0) is 16.1 Å². The Bertz CT molecular complexity index is 327. The second-order valence-electron chi connectivity index (χ2n) is 4.11. The standard InChI is InChI=1S/C13H20N2O2/c1-3-4-8-17-13(16)11-15(2)10-12-6-5-7-14-9-12/h5-7,9H,3-4,8,10-11H2,1-2H3. The van der Waals surface area contributed by atoms with Crippen molar-refractivity contribution in [2.75, 3.05) is 20.2 Å². The molecule has 0 fully saturated rings. The van der Waals surface area contributed by atoms with Gasteiger partial charge >= 0.3 is 5.97 Å². The van der Waals surface area contributed by atoms with Crippen molar-refractivity contribution in [2.45, 2.75) is 26.3 Å². The molecule has 0 aliphatic rings. The van der Waals surface area contributed by atoms with E-state index in [4.69, 9.17) is 4.74 Å². The first-order valence-electron chi connectivity index (χ1n) is 5.95. The monoisotopic (exact) mass is 236 g/mol. The van der Waals surface area contributed by atoms with E-state index in [-0.39, 0.29) is 5.97 Å². The van der Waals surface area contributed by atoms with E-state index < -0.39 is 0 Å². The van der Waals surface area contributed by atoms with Gasteiger partial charge in [0, 0.05) is 18.9 Å². The highest BCUT2D eigenvalue weighted by Gasteiger charge is 2.07. The molecule has 4 heteroatoms. The maximum atomic E-state index is 11.4. The van der Waals surface area contributed by atoms with Gasteiger partial charge in [-0.3, -0.25) is 14.7 Å². The second-order valence-corrected chi connectivity index (χ2v) is 4.11. The van der Waals surface area contributed by atoms with Gasteiger partial charge in [0.2, 0.25) is 0 Å². The molecule has 0 radical (unpaired) electrons. The lowest BCUT2D eigenvalue weighted by Crippen LogP contribution is -2.27. The number of aromatic nitrogens is 1. The number of nitrogens with zero attached hydrogens (tertiary/aromatic N) is 2. The fraction of sp³-hybridized carbons (Fsp3) is 0.538. The van der Waals surface area contributed by atoms with Crippen LogP contribution in [0.3, 0.4) is 0 Å². The average Bonchev–Trinajstić information content (AvgIpc) is 2.30. The van der Waals surface area contributed by atoms with Crippen molar-refractivity contribution in [2.24, 2.45) is 0 Å². The molecule has 94 valence electrons. The molecule has 0 amide bonds. The SMILES string of the molecule is CCCCOC(=O)CN(C)Cc1cccnc1. The molecule has 0 saturated heterocycles. The summed E-state index contributed by atoms with van der Waals surface area (Å²) in [6.45, 7) is 3.62. The maximum Gasteiger partial charge on any atom is 0.320 e. The third kappa shape index (κ3) is 6.02. The number of carbonyl (C=O) groups is 1. The Balaban J connectivity index is 2.25. The van der Waals surface area contributed by atoms with Crippen LogP contribution in [0.1, 0.15) is 25.3 Å². The van der Waals surface area contributed by atoms with Crippen LogP contribution in [0.2, 0.25) is 0 Å². The minimum atomic E-state index is -0.162. The lowest BCUT2D eigenvalue weighted by Gasteiger charge is -2.15. The third-order valence-electron chi connectivity index (χ3n) is 2.34. The molecule has 1 aromatic rings. The predicted molar refractivity (Wildman–Crippen MR) is 66.4 cm³/mol. The van der Waals surface area contributed by atoms with Crippen molar-refractivity contribution in [3.63, 3.8) is 0 Å². The largest absolute Gasteiger partial charge is 0.465 e. The zero-order chi connectivity index (χ0) is 12.5. The summed E-state index contributed by atoms with van der Waals surface area (Å²) in [4.78, 5) is 17.4. The number of hydrogen-bond acceptors (Lipinski definition) is 4. The Labute approximate surface area is 103 Å². The molecule has 1 rings (SSSR count). The Morgan fingerprint density at radius 2 is 2.35 bits per heavy atom. The molecular formula is C13H20N2O2. The van der Waals surface area contributed by atoms with Crippen LogP contribution in [0.25, 0.3) is 0 Å². The van der Waals surface area contributed by atoms with Gasteiger partial charge < -0.3 is 4.74 Å². The number of likely N-dealkylation sites (N-methyl/N-ethyl adjacent to an activating group) is 1. The molecule has 1 aromatic heterocycles. The zero-order valence-electron chi connectivity index (χ0n) is 10.6. The molecule has 0 unspecified atom stereocenters.